The molecule has 1 atom stereocenters. The molecule has 0 saturated carbocycles. The lowest BCUT2D eigenvalue weighted by Crippen LogP contribution is -2.30. The van der Waals surface area contributed by atoms with Crippen LogP contribution in [0.15, 0.2) is 48.5 Å². The van der Waals surface area contributed by atoms with Gasteiger partial charge in [-0.2, -0.15) is 0 Å². The molecule has 7 heteroatoms. The van der Waals surface area contributed by atoms with Crippen molar-refractivity contribution in [2.45, 2.75) is 53.0 Å². The molecule has 1 N–H and O–H groups in total. The SMILES string of the molecule is CCCCC(CC)CNC(=O)c1ccc(CN(c2ccc(OCC)cc2)S(C)(=O)=O)cc1. The summed E-state index contributed by atoms with van der Waals surface area (Å²) in [6.07, 6.45) is 5.69. The van der Waals surface area contributed by atoms with Gasteiger partial charge in [-0.25, -0.2) is 8.42 Å². The number of nitrogens with zero attached hydrogens (tertiary/aromatic N) is 1. The van der Waals surface area contributed by atoms with E-state index in [1.807, 2.05) is 6.92 Å². The van der Waals surface area contributed by atoms with Crippen molar-refractivity contribution in [3.05, 3.63) is 59.7 Å². The van der Waals surface area contributed by atoms with Crippen molar-refractivity contribution in [1.29, 1.82) is 0 Å². The molecule has 0 aliphatic heterocycles. The Balaban J connectivity index is 2.05. The third-order valence-electron chi connectivity index (χ3n) is 5.47. The molecule has 0 aromatic heterocycles. The van der Waals surface area contributed by atoms with E-state index in [1.54, 1.807) is 48.5 Å². The van der Waals surface area contributed by atoms with Crippen LogP contribution in [0.1, 0.15) is 62.4 Å². The van der Waals surface area contributed by atoms with Crippen LogP contribution in [0, 0.1) is 5.92 Å². The van der Waals surface area contributed by atoms with Gasteiger partial charge in [0.2, 0.25) is 10.0 Å². The Morgan fingerprint density at radius 3 is 2.22 bits per heavy atom. The molecule has 32 heavy (non-hydrogen) atoms. The maximum atomic E-state index is 12.5. The predicted octanol–water partition coefficient (Wildman–Crippen LogP) is 5.00. The lowest BCUT2D eigenvalue weighted by atomic mass is 9.99. The molecule has 1 unspecified atom stereocenters. The number of amides is 1. The molecule has 0 saturated heterocycles. The number of sulfonamides is 1. The number of hydrogen-bond acceptors (Lipinski definition) is 4. The van der Waals surface area contributed by atoms with E-state index >= 15 is 0 Å². The van der Waals surface area contributed by atoms with Gasteiger partial charge in [0.15, 0.2) is 0 Å². The number of benzene rings is 2. The Bertz CT molecular complexity index is 941. The van der Waals surface area contributed by atoms with Crippen molar-refractivity contribution in [3.63, 3.8) is 0 Å². The third-order valence-corrected chi connectivity index (χ3v) is 6.61. The maximum absolute atomic E-state index is 12.5. The fourth-order valence-corrected chi connectivity index (χ4v) is 4.37. The zero-order chi connectivity index (χ0) is 23.6. The minimum Gasteiger partial charge on any atom is -0.494 e. The van der Waals surface area contributed by atoms with E-state index in [0.29, 0.717) is 36.1 Å². The van der Waals surface area contributed by atoms with Gasteiger partial charge in [-0.05, 0) is 61.2 Å². The summed E-state index contributed by atoms with van der Waals surface area (Å²) in [5.74, 6) is 1.09. The topological polar surface area (TPSA) is 75.7 Å². The average Bonchev–Trinajstić information content (AvgIpc) is 2.78. The molecule has 2 aromatic carbocycles. The normalized spacial score (nSPS) is 12.2. The van der Waals surface area contributed by atoms with Crippen molar-refractivity contribution in [2.75, 3.05) is 23.7 Å². The minimum atomic E-state index is -3.48. The summed E-state index contributed by atoms with van der Waals surface area (Å²) < 4.78 is 31.6. The van der Waals surface area contributed by atoms with Crippen LogP contribution >= 0.6 is 0 Å². The van der Waals surface area contributed by atoms with Crippen LogP contribution in [0.3, 0.4) is 0 Å². The van der Waals surface area contributed by atoms with Gasteiger partial charge in [0.05, 0.1) is 25.1 Å². The number of nitrogens with one attached hydrogen (secondary N) is 1. The molecule has 0 aliphatic rings. The van der Waals surface area contributed by atoms with Gasteiger partial charge < -0.3 is 10.1 Å². The maximum Gasteiger partial charge on any atom is 0.251 e. The number of hydrogen-bond donors (Lipinski definition) is 1. The molecule has 2 rings (SSSR count). The second-order valence-corrected chi connectivity index (χ2v) is 9.93. The summed E-state index contributed by atoms with van der Waals surface area (Å²) >= 11 is 0. The summed E-state index contributed by atoms with van der Waals surface area (Å²) in [5.41, 5.74) is 1.94. The molecule has 0 radical (unpaired) electrons. The highest BCUT2D eigenvalue weighted by molar-refractivity contribution is 7.92. The van der Waals surface area contributed by atoms with Gasteiger partial charge in [-0.15, -0.1) is 0 Å². The van der Waals surface area contributed by atoms with Gasteiger partial charge >= 0.3 is 0 Å². The first-order valence-corrected chi connectivity index (χ1v) is 13.2. The highest BCUT2D eigenvalue weighted by Crippen LogP contribution is 2.24. The highest BCUT2D eigenvalue weighted by Gasteiger charge is 2.18. The minimum absolute atomic E-state index is 0.0991. The molecule has 0 spiro atoms. The highest BCUT2D eigenvalue weighted by atomic mass is 32.2. The van der Waals surface area contributed by atoms with Gasteiger partial charge in [0.1, 0.15) is 5.75 Å². The molecular formula is C25H36N2O4S. The molecule has 0 aliphatic carbocycles. The number of carbonyl (C=O) groups is 1. The van der Waals surface area contributed by atoms with Crippen LogP contribution in [0.25, 0.3) is 0 Å². The van der Waals surface area contributed by atoms with Gasteiger partial charge in [0, 0.05) is 12.1 Å². The van der Waals surface area contributed by atoms with Crippen LogP contribution in [0.2, 0.25) is 0 Å². The van der Waals surface area contributed by atoms with Gasteiger partial charge in [-0.3, -0.25) is 9.10 Å². The van der Waals surface area contributed by atoms with E-state index in [-0.39, 0.29) is 12.5 Å². The molecule has 1 amide bonds. The third kappa shape index (κ3) is 7.86. The Morgan fingerprint density at radius 2 is 1.69 bits per heavy atom. The fraction of sp³-hybridized carbons (Fsp3) is 0.480. The Hall–Kier alpha value is -2.54. The summed E-state index contributed by atoms with van der Waals surface area (Å²) in [4.78, 5) is 12.5. The lowest BCUT2D eigenvalue weighted by molar-refractivity contribution is 0.0946. The lowest BCUT2D eigenvalue weighted by Gasteiger charge is -2.23. The first-order chi connectivity index (χ1) is 15.3. The van der Waals surface area contributed by atoms with Crippen molar-refractivity contribution in [1.82, 2.24) is 5.32 Å². The van der Waals surface area contributed by atoms with E-state index in [1.165, 1.54) is 17.0 Å². The summed E-state index contributed by atoms with van der Waals surface area (Å²) in [6, 6.07) is 14.1. The molecule has 6 nitrogen and oxygen atoms in total. The number of anilines is 1. The molecule has 176 valence electrons. The van der Waals surface area contributed by atoms with E-state index < -0.39 is 10.0 Å². The molecular weight excluding hydrogens is 424 g/mol. The number of unbranched alkanes of at least 4 members (excludes halogenated alkanes) is 1. The number of ether oxygens (including phenoxy) is 1. The summed E-state index contributed by atoms with van der Waals surface area (Å²) in [6.45, 7) is 7.63. The van der Waals surface area contributed by atoms with Crippen LogP contribution in [0.4, 0.5) is 5.69 Å². The van der Waals surface area contributed by atoms with Gasteiger partial charge in [-0.1, -0.05) is 45.2 Å². The van der Waals surface area contributed by atoms with E-state index in [2.05, 4.69) is 19.2 Å². The molecule has 0 bridgehead atoms. The van der Waals surface area contributed by atoms with Gasteiger partial charge in [0.25, 0.3) is 5.91 Å². The Labute approximate surface area is 193 Å². The van der Waals surface area contributed by atoms with Crippen molar-refractivity contribution >= 4 is 21.6 Å². The predicted molar refractivity (Wildman–Crippen MR) is 131 cm³/mol. The second-order valence-electron chi connectivity index (χ2n) is 8.02. The van der Waals surface area contributed by atoms with E-state index in [4.69, 9.17) is 4.74 Å². The standard InChI is InChI=1S/C25H36N2O4S/c1-5-8-9-20(6-2)18-26-25(28)22-12-10-21(11-13-22)19-27(32(4,29)30)23-14-16-24(17-15-23)31-7-3/h10-17,20H,5-9,18-19H2,1-4H3,(H,26,28). The first kappa shape index (κ1) is 25.7. The summed E-state index contributed by atoms with van der Waals surface area (Å²) in [5, 5.41) is 3.03. The van der Waals surface area contributed by atoms with E-state index in [0.717, 1.165) is 24.8 Å². The molecule has 2 aromatic rings. The quantitative estimate of drug-likeness (QED) is 0.456. The summed E-state index contributed by atoms with van der Waals surface area (Å²) in [7, 11) is -3.48. The van der Waals surface area contributed by atoms with Crippen LogP contribution in [-0.4, -0.2) is 33.7 Å². The average molecular weight is 461 g/mol. The molecule has 0 fully saturated rings. The van der Waals surface area contributed by atoms with Crippen molar-refractivity contribution in [3.8, 4) is 5.75 Å². The first-order valence-electron chi connectivity index (χ1n) is 11.4. The van der Waals surface area contributed by atoms with Crippen molar-refractivity contribution in [2.24, 2.45) is 5.92 Å². The zero-order valence-electron chi connectivity index (χ0n) is 19.6. The van der Waals surface area contributed by atoms with E-state index in [9.17, 15) is 13.2 Å². The largest absolute Gasteiger partial charge is 0.494 e. The Morgan fingerprint density at radius 1 is 1.03 bits per heavy atom. The van der Waals surface area contributed by atoms with Crippen molar-refractivity contribution < 1.29 is 17.9 Å². The number of carbonyl (C=O) groups excluding carboxylic acids is 1. The van der Waals surface area contributed by atoms with Crippen LogP contribution in [0.5, 0.6) is 5.75 Å². The smallest absolute Gasteiger partial charge is 0.251 e. The molecule has 0 heterocycles. The monoisotopic (exact) mass is 460 g/mol. The second kappa shape index (κ2) is 12.5. The zero-order valence-corrected chi connectivity index (χ0v) is 20.5. The van der Waals surface area contributed by atoms with Crippen LogP contribution in [-0.2, 0) is 16.6 Å². The fourth-order valence-electron chi connectivity index (χ4n) is 3.49. The van der Waals surface area contributed by atoms with Crippen LogP contribution < -0.4 is 14.4 Å². The Kier molecular flexibility index (Phi) is 10.0. The number of rotatable bonds is 13.